The molecule has 1 heterocycles. The molecule has 2 amide bonds. The zero-order chi connectivity index (χ0) is 11.7. The highest BCUT2D eigenvalue weighted by molar-refractivity contribution is 6.00. The molecule has 0 spiro atoms. The van der Waals surface area contributed by atoms with Crippen LogP contribution in [0.25, 0.3) is 0 Å². The van der Waals surface area contributed by atoms with E-state index < -0.39 is 0 Å². The molecule has 0 aromatic heterocycles. The third kappa shape index (κ3) is 2.10. The molecule has 0 aromatic carbocycles. The van der Waals surface area contributed by atoms with E-state index in [2.05, 4.69) is 24.5 Å². The first kappa shape index (κ1) is 11.2. The van der Waals surface area contributed by atoms with Gasteiger partial charge >= 0.3 is 6.03 Å². The van der Waals surface area contributed by atoms with Crippen LogP contribution >= 0.6 is 0 Å². The van der Waals surface area contributed by atoms with Crippen LogP contribution in [0, 0.1) is 5.92 Å². The van der Waals surface area contributed by atoms with E-state index in [0.29, 0.717) is 12.3 Å². The van der Waals surface area contributed by atoms with Crippen LogP contribution in [0.15, 0.2) is 11.3 Å². The Morgan fingerprint density at radius 3 is 2.75 bits per heavy atom. The van der Waals surface area contributed by atoms with Crippen molar-refractivity contribution in [2.24, 2.45) is 5.92 Å². The Labute approximate surface area is 95.5 Å². The molecule has 88 valence electrons. The molecule has 2 rings (SSSR count). The van der Waals surface area contributed by atoms with Crippen LogP contribution in [0.5, 0.6) is 0 Å². The van der Waals surface area contributed by atoms with Gasteiger partial charge in [0.25, 0.3) is 0 Å². The number of rotatable bonds is 2. The predicted molar refractivity (Wildman–Crippen MR) is 60.8 cm³/mol. The standard InChI is InChI=1S/C12H18N2O2/c1-7(2)6-9-11-8(13-12(16)14-9)4-3-5-10(11)15/h7,9H,3-6H2,1-2H3,(H2,13,14,16). The topological polar surface area (TPSA) is 58.2 Å². The lowest BCUT2D eigenvalue weighted by molar-refractivity contribution is -0.116. The molecule has 0 fully saturated rings. The largest absolute Gasteiger partial charge is 0.331 e. The number of Topliss-reactive ketones (excluding diaryl/α,β-unsaturated/α-hetero) is 1. The van der Waals surface area contributed by atoms with Gasteiger partial charge in [-0.05, 0) is 25.2 Å². The van der Waals surface area contributed by atoms with Crippen LogP contribution in [-0.4, -0.2) is 17.9 Å². The first-order chi connectivity index (χ1) is 7.58. The molecule has 4 nitrogen and oxygen atoms in total. The fraction of sp³-hybridized carbons (Fsp3) is 0.667. The number of allylic oxidation sites excluding steroid dienone is 1. The van der Waals surface area contributed by atoms with Crippen LogP contribution < -0.4 is 10.6 Å². The highest BCUT2D eigenvalue weighted by atomic mass is 16.2. The Kier molecular flexibility index (Phi) is 2.99. The fourth-order valence-corrected chi connectivity index (χ4v) is 2.45. The molecule has 0 aromatic rings. The maximum atomic E-state index is 11.9. The summed E-state index contributed by atoms with van der Waals surface area (Å²) in [6.07, 6.45) is 3.12. The Morgan fingerprint density at radius 1 is 1.31 bits per heavy atom. The van der Waals surface area contributed by atoms with Crippen molar-refractivity contribution in [2.45, 2.75) is 45.6 Å². The van der Waals surface area contributed by atoms with Crippen LogP contribution in [0.4, 0.5) is 4.79 Å². The average Bonchev–Trinajstić information content (AvgIpc) is 2.15. The SMILES string of the molecule is CC(C)CC1NC(=O)NC2=C1C(=O)CCC2. The Balaban J connectivity index is 2.28. The molecule has 0 saturated heterocycles. The lowest BCUT2D eigenvalue weighted by Crippen LogP contribution is -2.51. The third-order valence-electron chi connectivity index (χ3n) is 3.08. The van der Waals surface area contributed by atoms with Crippen molar-refractivity contribution in [1.29, 1.82) is 0 Å². The molecule has 16 heavy (non-hydrogen) atoms. The van der Waals surface area contributed by atoms with Crippen molar-refractivity contribution in [3.63, 3.8) is 0 Å². The molecule has 4 heteroatoms. The van der Waals surface area contributed by atoms with Gasteiger partial charge in [0.15, 0.2) is 5.78 Å². The number of urea groups is 1. The van der Waals surface area contributed by atoms with Gasteiger partial charge in [-0.15, -0.1) is 0 Å². The van der Waals surface area contributed by atoms with Crippen LogP contribution in [0.2, 0.25) is 0 Å². The van der Waals surface area contributed by atoms with E-state index >= 15 is 0 Å². The van der Waals surface area contributed by atoms with Gasteiger partial charge < -0.3 is 10.6 Å². The number of amides is 2. The van der Waals surface area contributed by atoms with Gasteiger partial charge in [-0.25, -0.2) is 4.79 Å². The molecule has 0 saturated carbocycles. The second-order valence-electron chi connectivity index (χ2n) is 4.95. The van der Waals surface area contributed by atoms with Gasteiger partial charge in [0, 0.05) is 17.7 Å². The summed E-state index contributed by atoms with van der Waals surface area (Å²) < 4.78 is 0. The smallest absolute Gasteiger partial charge is 0.319 e. The van der Waals surface area contributed by atoms with Gasteiger partial charge in [-0.2, -0.15) is 0 Å². The lowest BCUT2D eigenvalue weighted by atomic mass is 9.85. The maximum Gasteiger partial charge on any atom is 0.319 e. The van der Waals surface area contributed by atoms with Crippen molar-refractivity contribution < 1.29 is 9.59 Å². The summed E-state index contributed by atoms with van der Waals surface area (Å²) >= 11 is 0. The lowest BCUT2D eigenvalue weighted by Gasteiger charge is -2.32. The number of ketones is 1. The van der Waals surface area contributed by atoms with E-state index in [0.717, 1.165) is 30.5 Å². The van der Waals surface area contributed by atoms with E-state index in [4.69, 9.17) is 0 Å². The summed E-state index contributed by atoms with van der Waals surface area (Å²) in [5.74, 6) is 0.659. The van der Waals surface area contributed by atoms with Gasteiger partial charge in [0.2, 0.25) is 0 Å². The first-order valence-corrected chi connectivity index (χ1v) is 5.91. The Morgan fingerprint density at radius 2 is 2.06 bits per heavy atom. The van der Waals surface area contributed by atoms with Crippen LogP contribution in [-0.2, 0) is 4.79 Å². The fourth-order valence-electron chi connectivity index (χ4n) is 2.45. The number of carbonyl (C=O) groups excluding carboxylic acids is 2. The van der Waals surface area contributed by atoms with E-state index in [1.54, 1.807) is 0 Å². The van der Waals surface area contributed by atoms with Gasteiger partial charge in [-0.3, -0.25) is 4.79 Å². The number of hydrogen-bond acceptors (Lipinski definition) is 2. The van der Waals surface area contributed by atoms with Crippen molar-refractivity contribution in [3.8, 4) is 0 Å². The van der Waals surface area contributed by atoms with E-state index in [1.165, 1.54) is 0 Å². The minimum atomic E-state index is -0.167. The summed E-state index contributed by atoms with van der Waals surface area (Å²) in [6.45, 7) is 4.20. The maximum absolute atomic E-state index is 11.9. The minimum absolute atomic E-state index is 0.0865. The van der Waals surface area contributed by atoms with Crippen molar-refractivity contribution in [3.05, 3.63) is 11.3 Å². The third-order valence-corrected chi connectivity index (χ3v) is 3.08. The quantitative estimate of drug-likeness (QED) is 0.747. The minimum Gasteiger partial charge on any atom is -0.331 e. The highest BCUT2D eigenvalue weighted by Crippen LogP contribution is 2.27. The molecule has 1 atom stereocenters. The molecule has 1 aliphatic heterocycles. The molecule has 0 bridgehead atoms. The number of carbonyl (C=O) groups is 2. The first-order valence-electron chi connectivity index (χ1n) is 5.91. The molecule has 2 aliphatic rings. The normalized spacial score (nSPS) is 25.3. The summed E-state index contributed by atoms with van der Waals surface area (Å²) in [5.41, 5.74) is 1.67. The zero-order valence-electron chi connectivity index (χ0n) is 9.80. The monoisotopic (exact) mass is 222 g/mol. The average molecular weight is 222 g/mol. The molecule has 0 radical (unpaired) electrons. The molecular formula is C12H18N2O2. The summed E-state index contributed by atoms with van der Waals surface area (Å²) in [4.78, 5) is 23.3. The molecular weight excluding hydrogens is 204 g/mol. The van der Waals surface area contributed by atoms with Crippen LogP contribution in [0.1, 0.15) is 39.5 Å². The van der Waals surface area contributed by atoms with Gasteiger partial charge in [0.1, 0.15) is 0 Å². The van der Waals surface area contributed by atoms with Crippen LogP contribution in [0.3, 0.4) is 0 Å². The second kappa shape index (κ2) is 4.28. The van der Waals surface area contributed by atoms with Crippen molar-refractivity contribution in [1.82, 2.24) is 10.6 Å². The Bertz CT molecular complexity index is 358. The highest BCUT2D eigenvalue weighted by Gasteiger charge is 2.33. The second-order valence-corrected chi connectivity index (χ2v) is 4.95. The predicted octanol–water partition coefficient (Wildman–Crippen LogP) is 1.72. The summed E-state index contributed by atoms with van der Waals surface area (Å²) in [6, 6.07) is -0.254. The molecule has 1 aliphatic carbocycles. The van der Waals surface area contributed by atoms with Gasteiger partial charge in [0.05, 0.1) is 6.04 Å². The van der Waals surface area contributed by atoms with Gasteiger partial charge in [-0.1, -0.05) is 13.8 Å². The van der Waals surface area contributed by atoms with E-state index in [9.17, 15) is 9.59 Å². The van der Waals surface area contributed by atoms with E-state index in [-0.39, 0.29) is 17.9 Å². The Hall–Kier alpha value is -1.32. The summed E-state index contributed by atoms with van der Waals surface area (Å²) in [7, 11) is 0. The number of hydrogen-bond donors (Lipinski definition) is 2. The zero-order valence-corrected chi connectivity index (χ0v) is 9.80. The summed E-state index contributed by atoms with van der Waals surface area (Å²) in [5, 5.41) is 5.61. The van der Waals surface area contributed by atoms with Crippen molar-refractivity contribution >= 4 is 11.8 Å². The molecule has 2 N–H and O–H groups in total. The van der Waals surface area contributed by atoms with Crippen molar-refractivity contribution in [2.75, 3.05) is 0 Å². The molecule has 1 unspecified atom stereocenters. The van der Waals surface area contributed by atoms with E-state index in [1.807, 2.05) is 0 Å². The number of nitrogens with one attached hydrogen (secondary N) is 2.